The van der Waals surface area contributed by atoms with E-state index in [1.165, 1.54) is 5.56 Å². The molecule has 1 N–H and O–H groups in total. The fourth-order valence-corrected chi connectivity index (χ4v) is 2.13. The molecule has 1 unspecified atom stereocenters. The van der Waals surface area contributed by atoms with Crippen LogP contribution in [0.5, 0.6) is 0 Å². The van der Waals surface area contributed by atoms with E-state index in [0.717, 1.165) is 16.7 Å². The highest BCUT2D eigenvalue weighted by Crippen LogP contribution is 2.24. The Kier molecular flexibility index (Phi) is 4.27. The summed E-state index contributed by atoms with van der Waals surface area (Å²) in [5.41, 5.74) is 2.19. The van der Waals surface area contributed by atoms with Crippen LogP contribution in [0.25, 0.3) is 0 Å². The normalized spacial score (nSPS) is 12.2. The monoisotopic (exact) mass is 275 g/mol. The second-order valence-corrected chi connectivity index (χ2v) is 4.95. The summed E-state index contributed by atoms with van der Waals surface area (Å²) < 4.78 is 2.13. The standard InChI is InChI=1S/C15H18ClN3/c1-4-9-17-15-18-11(2)10-19(15)12(3)13-5-7-14(16)8-6-13/h4-8,10,12H,1,9H2,2-3H3,(H,17,18). The van der Waals surface area contributed by atoms with Crippen LogP contribution in [0.2, 0.25) is 5.02 Å². The number of rotatable bonds is 5. The molecular formula is C15H18ClN3. The number of anilines is 1. The Labute approximate surface area is 118 Å². The Morgan fingerprint density at radius 1 is 1.42 bits per heavy atom. The van der Waals surface area contributed by atoms with Crippen LogP contribution in [0.1, 0.15) is 24.2 Å². The molecule has 19 heavy (non-hydrogen) atoms. The van der Waals surface area contributed by atoms with Gasteiger partial charge in [0.25, 0.3) is 0 Å². The average Bonchev–Trinajstić information content (AvgIpc) is 2.77. The van der Waals surface area contributed by atoms with Crippen LogP contribution >= 0.6 is 11.6 Å². The third-order valence-electron chi connectivity index (χ3n) is 3.03. The largest absolute Gasteiger partial charge is 0.352 e. The molecule has 1 atom stereocenters. The predicted molar refractivity (Wildman–Crippen MR) is 80.9 cm³/mol. The molecule has 1 aromatic heterocycles. The third kappa shape index (κ3) is 3.18. The number of halogens is 1. The summed E-state index contributed by atoms with van der Waals surface area (Å²) in [4.78, 5) is 4.49. The summed E-state index contributed by atoms with van der Waals surface area (Å²) in [6, 6.07) is 8.10. The SMILES string of the molecule is C=CCNc1nc(C)cn1C(C)c1ccc(Cl)cc1. The molecule has 100 valence electrons. The number of benzene rings is 1. The van der Waals surface area contributed by atoms with E-state index in [4.69, 9.17) is 11.6 Å². The molecule has 0 spiro atoms. The quantitative estimate of drug-likeness (QED) is 0.834. The van der Waals surface area contributed by atoms with Gasteiger partial charge in [-0.2, -0.15) is 0 Å². The van der Waals surface area contributed by atoms with E-state index in [-0.39, 0.29) is 6.04 Å². The van der Waals surface area contributed by atoms with E-state index in [1.54, 1.807) is 0 Å². The molecule has 0 amide bonds. The summed E-state index contributed by atoms with van der Waals surface area (Å²) in [6.07, 6.45) is 3.87. The lowest BCUT2D eigenvalue weighted by Crippen LogP contribution is -2.11. The Bertz CT molecular complexity index is 557. The lowest BCUT2D eigenvalue weighted by atomic mass is 10.1. The van der Waals surface area contributed by atoms with Gasteiger partial charge in [-0.25, -0.2) is 4.98 Å². The summed E-state index contributed by atoms with van der Waals surface area (Å²) in [5.74, 6) is 0.861. The first kappa shape index (κ1) is 13.7. The summed E-state index contributed by atoms with van der Waals surface area (Å²) in [6.45, 7) is 8.54. The zero-order valence-corrected chi connectivity index (χ0v) is 12.0. The van der Waals surface area contributed by atoms with Gasteiger partial charge in [-0.3, -0.25) is 0 Å². The molecule has 0 saturated carbocycles. The van der Waals surface area contributed by atoms with Crippen LogP contribution < -0.4 is 5.32 Å². The molecule has 0 radical (unpaired) electrons. The van der Waals surface area contributed by atoms with E-state index in [2.05, 4.69) is 28.4 Å². The van der Waals surface area contributed by atoms with Gasteiger partial charge in [0.15, 0.2) is 0 Å². The number of nitrogens with zero attached hydrogens (tertiary/aromatic N) is 2. The fourth-order valence-electron chi connectivity index (χ4n) is 2.01. The van der Waals surface area contributed by atoms with Gasteiger partial charge in [0.2, 0.25) is 5.95 Å². The smallest absolute Gasteiger partial charge is 0.203 e. The van der Waals surface area contributed by atoms with E-state index in [9.17, 15) is 0 Å². The van der Waals surface area contributed by atoms with Gasteiger partial charge in [-0.15, -0.1) is 6.58 Å². The molecule has 1 heterocycles. The van der Waals surface area contributed by atoms with Crippen molar-refractivity contribution in [2.45, 2.75) is 19.9 Å². The first-order valence-corrected chi connectivity index (χ1v) is 6.65. The lowest BCUT2D eigenvalue weighted by molar-refractivity contribution is 0.644. The van der Waals surface area contributed by atoms with E-state index >= 15 is 0 Å². The lowest BCUT2D eigenvalue weighted by Gasteiger charge is -2.17. The van der Waals surface area contributed by atoms with Gasteiger partial charge < -0.3 is 9.88 Å². The highest BCUT2D eigenvalue weighted by molar-refractivity contribution is 6.30. The molecule has 4 heteroatoms. The third-order valence-corrected chi connectivity index (χ3v) is 3.28. The molecule has 0 aliphatic heterocycles. The van der Waals surface area contributed by atoms with Crippen LogP contribution in [0.4, 0.5) is 5.95 Å². The Morgan fingerprint density at radius 3 is 2.74 bits per heavy atom. The highest BCUT2D eigenvalue weighted by atomic mass is 35.5. The number of imidazole rings is 1. The van der Waals surface area contributed by atoms with Crippen molar-refractivity contribution in [3.05, 3.63) is 59.4 Å². The topological polar surface area (TPSA) is 29.9 Å². The minimum absolute atomic E-state index is 0.200. The Balaban J connectivity index is 2.29. The molecule has 0 aliphatic carbocycles. The molecule has 2 aromatic rings. The second-order valence-electron chi connectivity index (χ2n) is 4.51. The van der Waals surface area contributed by atoms with Crippen molar-refractivity contribution in [1.82, 2.24) is 9.55 Å². The van der Waals surface area contributed by atoms with Crippen molar-refractivity contribution in [1.29, 1.82) is 0 Å². The van der Waals surface area contributed by atoms with E-state index in [1.807, 2.05) is 43.5 Å². The highest BCUT2D eigenvalue weighted by Gasteiger charge is 2.13. The van der Waals surface area contributed by atoms with Crippen LogP contribution in [0.15, 0.2) is 43.1 Å². The maximum absolute atomic E-state index is 5.92. The maximum atomic E-state index is 5.92. The first-order chi connectivity index (χ1) is 9.11. The number of aromatic nitrogens is 2. The maximum Gasteiger partial charge on any atom is 0.203 e. The molecule has 0 fully saturated rings. The second kappa shape index (κ2) is 5.93. The first-order valence-electron chi connectivity index (χ1n) is 6.27. The molecule has 0 aliphatic rings. The van der Waals surface area contributed by atoms with Crippen LogP contribution in [0, 0.1) is 6.92 Å². The van der Waals surface area contributed by atoms with Crippen molar-refractivity contribution in [3.8, 4) is 0 Å². The van der Waals surface area contributed by atoms with Crippen molar-refractivity contribution in [3.63, 3.8) is 0 Å². The van der Waals surface area contributed by atoms with Crippen molar-refractivity contribution in [2.75, 3.05) is 11.9 Å². The van der Waals surface area contributed by atoms with E-state index in [0.29, 0.717) is 6.54 Å². The van der Waals surface area contributed by atoms with Crippen molar-refractivity contribution in [2.24, 2.45) is 0 Å². The van der Waals surface area contributed by atoms with Crippen LogP contribution in [-0.2, 0) is 0 Å². The zero-order valence-electron chi connectivity index (χ0n) is 11.2. The predicted octanol–water partition coefficient (Wildman–Crippen LogP) is 4.05. The molecule has 0 saturated heterocycles. The van der Waals surface area contributed by atoms with Gasteiger partial charge in [0, 0.05) is 17.8 Å². The number of nitrogens with one attached hydrogen (secondary N) is 1. The average molecular weight is 276 g/mol. The minimum Gasteiger partial charge on any atom is -0.352 e. The van der Waals surface area contributed by atoms with Crippen molar-refractivity contribution < 1.29 is 0 Å². The number of aryl methyl sites for hydroxylation is 1. The van der Waals surface area contributed by atoms with Crippen LogP contribution in [0.3, 0.4) is 0 Å². The number of hydrogen-bond acceptors (Lipinski definition) is 2. The van der Waals surface area contributed by atoms with Gasteiger partial charge in [0.05, 0.1) is 11.7 Å². The zero-order chi connectivity index (χ0) is 13.8. The van der Waals surface area contributed by atoms with Gasteiger partial charge in [-0.1, -0.05) is 29.8 Å². The summed E-state index contributed by atoms with van der Waals surface area (Å²) in [7, 11) is 0. The van der Waals surface area contributed by atoms with Gasteiger partial charge in [-0.05, 0) is 31.5 Å². The summed E-state index contributed by atoms with van der Waals surface area (Å²) >= 11 is 5.92. The minimum atomic E-state index is 0.200. The molecule has 3 nitrogen and oxygen atoms in total. The van der Waals surface area contributed by atoms with Gasteiger partial charge in [0.1, 0.15) is 0 Å². The molecule has 1 aromatic carbocycles. The summed E-state index contributed by atoms with van der Waals surface area (Å²) in [5, 5.41) is 4.01. The molecule has 0 bridgehead atoms. The van der Waals surface area contributed by atoms with Crippen molar-refractivity contribution >= 4 is 17.5 Å². The molecule has 2 rings (SSSR count). The Hall–Kier alpha value is -1.74. The Morgan fingerprint density at radius 2 is 2.11 bits per heavy atom. The van der Waals surface area contributed by atoms with Gasteiger partial charge >= 0.3 is 0 Å². The van der Waals surface area contributed by atoms with E-state index < -0.39 is 0 Å². The molecular weight excluding hydrogens is 258 g/mol. The number of hydrogen-bond donors (Lipinski definition) is 1. The van der Waals surface area contributed by atoms with Crippen LogP contribution in [-0.4, -0.2) is 16.1 Å². The fraction of sp³-hybridized carbons (Fsp3) is 0.267.